The second kappa shape index (κ2) is 7.00. The second-order valence-corrected chi connectivity index (χ2v) is 7.88. The molecule has 0 radical (unpaired) electrons. The van der Waals surface area contributed by atoms with Gasteiger partial charge in [0.1, 0.15) is 13.2 Å². The number of amides is 1. The van der Waals surface area contributed by atoms with Crippen LogP contribution in [-0.4, -0.2) is 28.7 Å². The van der Waals surface area contributed by atoms with E-state index in [-0.39, 0.29) is 5.91 Å². The molecule has 0 saturated heterocycles. The largest absolute Gasteiger partial charge is 0.486 e. The van der Waals surface area contributed by atoms with Gasteiger partial charge in [-0.15, -0.1) is 0 Å². The van der Waals surface area contributed by atoms with Gasteiger partial charge in [-0.1, -0.05) is 17.4 Å². The molecule has 7 heteroatoms. The molecule has 3 heterocycles. The molecule has 1 aliphatic heterocycles. The van der Waals surface area contributed by atoms with Gasteiger partial charge in [0, 0.05) is 35.3 Å². The molecule has 4 aromatic rings. The molecule has 146 valence electrons. The summed E-state index contributed by atoms with van der Waals surface area (Å²) in [6.07, 6.45) is 0. The highest BCUT2D eigenvalue weighted by molar-refractivity contribution is 7.16. The Balaban J connectivity index is 1.60. The van der Waals surface area contributed by atoms with E-state index in [9.17, 15) is 4.79 Å². The lowest BCUT2D eigenvalue weighted by atomic mass is 10.1. The first-order valence-electron chi connectivity index (χ1n) is 9.52. The van der Waals surface area contributed by atoms with Crippen LogP contribution in [0.4, 0.5) is 0 Å². The number of ether oxygens (including phenoxy) is 2. The molecule has 0 saturated carbocycles. The van der Waals surface area contributed by atoms with E-state index in [4.69, 9.17) is 9.47 Å². The summed E-state index contributed by atoms with van der Waals surface area (Å²) in [5.74, 6) is 1.21. The van der Waals surface area contributed by atoms with Crippen LogP contribution >= 0.6 is 11.3 Å². The maximum atomic E-state index is 12.9. The number of hydrogen-bond donors (Lipinski definition) is 0. The number of aromatic nitrogens is 2. The third kappa shape index (κ3) is 3.17. The van der Waals surface area contributed by atoms with Gasteiger partial charge in [0.2, 0.25) is 0 Å². The molecule has 1 amide bonds. The van der Waals surface area contributed by atoms with Gasteiger partial charge >= 0.3 is 0 Å². The molecule has 0 bridgehead atoms. The smallest absolute Gasteiger partial charge is 0.279 e. The summed E-state index contributed by atoms with van der Waals surface area (Å²) < 4.78 is 14.4. The summed E-state index contributed by atoms with van der Waals surface area (Å²) in [6.45, 7) is 5.78. The van der Waals surface area contributed by atoms with Crippen LogP contribution in [0.5, 0.6) is 11.5 Å². The summed E-state index contributed by atoms with van der Waals surface area (Å²) in [4.78, 5) is 22.5. The minimum Gasteiger partial charge on any atom is -0.486 e. The van der Waals surface area contributed by atoms with Crippen molar-refractivity contribution in [3.05, 3.63) is 58.5 Å². The Bertz CT molecular complexity index is 1340. The normalized spacial score (nSPS) is 13.9. The molecule has 5 rings (SSSR count). The Morgan fingerprint density at radius 1 is 1.14 bits per heavy atom. The molecule has 0 N–H and O–H groups in total. The maximum absolute atomic E-state index is 12.9. The van der Waals surface area contributed by atoms with E-state index in [1.54, 1.807) is 6.07 Å². The van der Waals surface area contributed by atoms with Gasteiger partial charge in [-0.25, -0.2) is 0 Å². The van der Waals surface area contributed by atoms with Crippen LogP contribution in [0.3, 0.4) is 0 Å². The van der Waals surface area contributed by atoms with Gasteiger partial charge in [-0.05, 0) is 38.1 Å². The summed E-state index contributed by atoms with van der Waals surface area (Å²) in [7, 11) is 0. The van der Waals surface area contributed by atoms with E-state index < -0.39 is 0 Å². The van der Waals surface area contributed by atoms with Gasteiger partial charge in [0.15, 0.2) is 16.3 Å². The number of carbonyl (C=O) groups is 1. The first-order valence-corrected chi connectivity index (χ1v) is 10.3. The number of nitrogens with zero attached hydrogens (tertiary/aromatic N) is 3. The molecule has 2 aromatic heterocycles. The predicted molar refractivity (Wildman–Crippen MR) is 113 cm³/mol. The van der Waals surface area contributed by atoms with Crippen LogP contribution in [0.15, 0.2) is 47.5 Å². The molecule has 0 fully saturated rings. The average molecular weight is 405 g/mol. The highest BCUT2D eigenvalue weighted by Gasteiger charge is 2.16. The van der Waals surface area contributed by atoms with Crippen LogP contribution in [0, 0.1) is 6.92 Å². The van der Waals surface area contributed by atoms with Crippen molar-refractivity contribution in [2.24, 2.45) is 4.99 Å². The van der Waals surface area contributed by atoms with E-state index in [1.165, 1.54) is 11.3 Å². The van der Waals surface area contributed by atoms with Crippen molar-refractivity contribution in [3.8, 4) is 11.5 Å². The molecule has 6 nitrogen and oxygen atoms in total. The summed E-state index contributed by atoms with van der Waals surface area (Å²) >= 11 is 1.48. The van der Waals surface area contributed by atoms with E-state index in [0.29, 0.717) is 30.1 Å². The van der Waals surface area contributed by atoms with E-state index in [1.807, 2.05) is 54.8 Å². The average Bonchev–Trinajstić information content (AvgIpc) is 3.07. The third-order valence-corrected chi connectivity index (χ3v) is 5.98. The van der Waals surface area contributed by atoms with Gasteiger partial charge in [-0.3, -0.25) is 9.78 Å². The standard InChI is InChI=1S/C22H19N3O3S/c1-3-25-17-11-18-19(28-9-8-27-18)12-20(17)29-22(25)24-21(26)15-6-7-16-14(10-15)5-4-13(2)23-16/h4-7,10-12H,3,8-9H2,1-2H3. The Morgan fingerprint density at radius 3 is 2.72 bits per heavy atom. The van der Waals surface area contributed by atoms with Crippen LogP contribution in [-0.2, 0) is 6.54 Å². The molecule has 0 aliphatic carbocycles. The highest BCUT2D eigenvalue weighted by atomic mass is 32.1. The fraction of sp³-hybridized carbons (Fsp3) is 0.227. The van der Waals surface area contributed by atoms with Crippen molar-refractivity contribution in [1.29, 1.82) is 0 Å². The number of aryl methyl sites for hydroxylation is 2. The monoisotopic (exact) mass is 405 g/mol. The predicted octanol–water partition coefficient (Wildman–Crippen LogP) is 4.09. The zero-order valence-corrected chi connectivity index (χ0v) is 17.0. The molecule has 29 heavy (non-hydrogen) atoms. The molecular formula is C22H19N3O3S. The number of thiazole rings is 1. The molecule has 0 unspecified atom stereocenters. The number of benzene rings is 2. The quantitative estimate of drug-likeness (QED) is 0.504. The number of pyridine rings is 1. The number of carbonyl (C=O) groups excluding carboxylic acids is 1. The van der Waals surface area contributed by atoms with Gasteiger partial charge < -0.3 is 14.0 Å². The van der Waals surface area contributed by atoms with Gasteiger partial charge in [0.25, 0.3) is 5.91 Å². The lowest BCUT2D eigenvalue weighted by molar-refractivity contribution is 0.0998. The zero-order valence-electron chi connectivity index (χ0n) is 16.1. The van der Waals surface area contributed by atoms with Crippen molar-refractivity contribution < 1.29 is 14.3 Å². The minimum atomic E-state index is -0.265. The first-order chi connectivity index (χ1) is 14.1. The summed E-state index contributed by atoms with van der Waals surface area (Å²) in [6, 6.07) is 13.3. The van der Waals surface area contributed by atoms with Crippen molar-refractivity contribution in [3.63, 3.8) is 0 Å². The van der Waals surface area contributed by atoms with Crippen LogP contribution in [0.2, 0.25) is 0 Å². The molecular weight excluding hydrogens is 386 g/mol. The molecule has 0 spiro atoms. The number of hydrogen-bond acceptors (Lipinski definition) is 5. The topological polar surface area (TPSA) is 65.7 Å². The zero-order chi connectivity index (χ0) is 20.0. The fourth-order valence-corrected chi connectivity index (χ4v) is 4.61. The third-order valence-electron chi connectivity index (χ3n) is 4.94. The Morgan fingerprint density at radius 2 is 1.93 bits per heavy atom. The number of rotatable bonds is 2. The molecule has 2 aromatic carbocycles. The van der Waals surface area contributed by atoms with Crippen molar-refractivity contribution in [2.75, 3.05) is 13.2 Å². The Hall–Kier alpha value is -3.19. The Labute approximate surface area is 171 Å². The minimum absolute atomic E-state index is 0.265. The fourth-order valence-electron chi connectivity index (χ4n) is 3.51. The van der Waals surface area contributed by atoms with Crippen molar-refractivity contribution >= 4 is 38.4 Å². The van der Waals surface area contributed by atoms with E-state index in [2.05, 4.69) is 9.98 Å². The van der Waals surface area contributed by atoms with Gasteiger partial charge in [-0.2, -0.15) is 4.99 Å². The summed E-state index contributed by atoms with van der Waals surface area (Å²) in [5, 5.41) is 0.929. The highest BCUT2D eigenvalue weighted by Crippen LogP contribution is 2.35. The van der Waals surface area contributed by atoms with Crippen LogP contribution < -0.4 is 14.3 Å². The van der Waals surface area contributed by atoms with E-state index in [0.717, 1.165) is 38.3 Å². The van der Waals surface area contributed by atoms with Crippen molar-refractivity contribution in [1.82, 2.24) is 9.55 Å². The SMILES string of the molecule is CCn1c(=NC(=O)c2ccc3nc(C)ccc3c2)sc2cc3c(cc21)OCCO3. The number of fused-ring (bicyclic) bond motifs is 3. The van der Waals surface area contributed by atoms with Crippen LogP contribution in [0.25, 0.3) is 21.1 Å². The molecule has 0 atom stereocenters. The lowest BCUT2D eigenvalue weighted by Gasteiger charge is -2.18. The maximum Gasteiger partial charge on any atom is 0.279 e. The molecule has 1 aliphatic rings. The Kier molecular flexibility index (Phi) is 4.32. The second-order valence-electron chi connectivity index (χ2n) is 6.87. The van der Waals surface area contributed by atoms with Crippen LogP contribution in [0.1, 0.15) is 23.0 Å². The first kappa shape index (κ1) is 17.9. The van der Waals surface area contributed by atoms with Crippen molar-refractivity contribution in [2.45, 2.75) is 20.4 Å². The van der Waals surface area contributed by atoms with E-state index >= 15 is 0 Å². The van der Waals surface area contributed by atoms with Gasteiger partial charge in [0.05, 0.1) is 15.7 Å². The lowest BCUT2D eigenvalue weighted by Crippen LogP contribution is -2.17. The summed E-state index contributed by atoms with van der Waals surface area (Å²) in [5.41, 5.74) is 3.37.